The maximum absolute atomic E-state index is 3.59. The lowest BCUT2D eigenvalue weighted by Crippen LogP contribution is -2.22. The highest BCUT2D eigenvalue weighted by Crippen LogP contribution is 2.32. The normalized spacial score (nSPS) is 20.3. The summed E-state index contributed by atoms with van der Waals surface area (Å²) >= 11 is 7.13. The van der Waals surface area contributed by atoms with Crippen molar-refractivity contribution in [3.8, 4) is 0 Å². The molecule has 1 atom stereocenters. The minimum atomic E-state index is 0.794. The van der Waals surface area contributed by atoms with Gasteiger partial charge in [-0.1, -0.05) is 45.7 Å². The van der Waals surface area contributed by atoms with Gasteiger partial charge in [-0.15, -0.1) is 0 Å². The molecule has 17 heavy (non-hydrogen) atoms. The Balaban J connectivity index is 2.18. The van der Waals surface area contributed by atoms with Gasteiger partial charge in [-0.25, -0.2) is 0 Å². The van der Waals surface area contributed by atoms with Crippen molar-refractivity contribution < 1.29 is 0 Å². The van der Waals surface area contributed by atoms with Crippen LogP contribution in [0.4, 0.5) is 5.69 Å². The molecule has 1 aromatic rings. The summed E-state index contributed by atoms with van der Waals surface area (Å²) in [5, 5.41) is 0.921. The zero-order chi connectivity index (χ0) is 12.4. The Morgan fingerprint density at radius 3 is 2.76 bits per heavy atom. The highest BCUT2D eigenvalue weighted by molar-refractivity contribution is 9.10. The highest BCUT2D eigenvalue weighted by atomic mass is 79.9. The van der Waals surface area contributed by atoms with Crippen LogP contribution in [0, 0.1) is 11.8 Å². The molecule has 1 aliphatic heterocycles. The predicted octanol–water partition coefficient (Wildman–Crippen LogP) is 4.83. The van der Waals surface area contributed by atoms with E-state index in [1.54, 1.807) is 0 Å². The van der Waals surface area contributed by atoms with Gasteiger partial charge < -0.3 is 4.90 Å². The smallest absolute Gasteiger partial charge is 0.0408 e. The fourth-order valence-electron chi connectivity index (χ4n) is 2.52. The third-order valence-corrected chi connectivity index (χ3v) is 4.79. The Kier molecular flexibility index (Phi) is 4.53. The summed E-state index contributed by atoms with van der Waals surface area (Å²) in [6.45, 7) is 7.08. The molecule has 2 rings (SSSR count). The molecule has 1 heterocycles. The maximum Gasteiger partial charge on any atom is 0.0408 e. The second-order valence-corrected chi connectivity index (χ2v) is 6.62. The van der Waals surface area contributed by atoms with Gasteiger partial charge in [0.15, 0.2) is 0 Å². The average Bonchev–Trinajstić information content (AvgIpc) is 2.78. The minimum Gasteiger partial charge on any atom is -0.371 e. The summed E-state index contributed by atoms with van der Waals surface area (Å²) in [5.41, 5.74) is 2.78. The van der Waals surface area contributed by atoms with Gasteiger partial charge in [0, 0.05) is 28.6 Å². The Morgan fingerprint density at radius 2 is 2.18 bits per heavy atom. The van der Waals surface area contributed by atoms with E-state index < -0.39 is 0 Å². The Morgan fingerprint density at radius 1 is 1.41 bits per heavy atom. The quantitative estimate of drug-likeness (QED) is 0.698. The number of hydrogen-bond acceptors (Lipinski definition) is 1. The van der Waals surface area contributed by atoms with Gasteiger partial charge in [0.05, 0.1) is 0 Å². The van der Waals surface area contributed by atoms with Crippen molar-refractivity contribution >= 4 is 37.5 Å². The fourth-order valence-corrected chi connectivity index (χ4v) is 3.38. The minimum absolute atomic E-state index is 0.794. The van der Waals surface area contributed by atoms with Gasteiger partial charge in [-0.3, -0.25) is 0 Å². The van der Waals surface area contributed by atoms with Crippen LogP contribution in [-0.4, -0.2) is 13.1 Å². The van der Waals surface area contributed by atoms with Crippen LogP contribution in [-0.2, 0) is 5.33 Å². The third kappa shape index (κ3) is 3.05. The van der Waals surface area contributed by atoms with Crippen LogP contribution in [0.1, 0.15) is 25.8 Å². The Labute approximate surface area is 121 Å². The van der Waals surface area contributed by atoms with Crippen molar-refractivity contribution in [1.29, 1.82) is 0 Å². The number of alkyl halides is 1. The molecule has 1 aromatic carbocycles. The van der Waals surface area contributed by atoms with Gasteiger partial charge in [0.2, 0.25) is 0 Å². The molecular formula is C14H19Br2N. The van der Waals surface area contributed by atoms with Gasteiger partial charge in [-0.2, -0.15) is 0 Å². The molecule has 1 nitrogen and oxygen atoms in total. The molecule has 94 valence electrons. The molecule has 1 fully saturated rings. The molecular weight excluding hydrogens is 342 g/mol. The topological polar surface area (TPSA) is 3.24 Å². The second-order valence-electron chi connectivity index (χ2n) is 5.15. The molecule has 0 bridgehead atoms. The van der Waals surface area contributed by atoms with Crippen molar-refractivity contribution in [2.24, 2.45) is 11.8 Å². The van der Waals surface area contributed by atoms with E-state index in [2.05, 4.69) is 68.8 Å². The summed E-state index contributed by atoms with van der Waals surface area (Å²) in [6.07, 6.45) is 1.33. The Hall–Kier alpha value is -0.0200. The molecule has 1 saturated heterocycles. The predicted molar refractivity (Wildman–Crippen MR) is 81.9 cm³/mol. The number of hydrogen-bond donors (Lipinski definition) is 0. The maximum atomic E-state index is 3.59. The Bertz CT molecular complexity index is 390. The van der Waals surface area contributed by atoms with E-state index in [1.807, 2.05) is 0 Å². The van der Waals surface area contributed by atoms with Gasteiger partial charge in [0.25, 0.3) is 0 Å². The van der Waals surface area contributed by atoms with Crippen LogP contribution in [0.2, 0.25) is 0 Å². The van der Waals surface area contributed by atoms with Crippen LogP contribution in [0.25, 0.3) is 0 Å². The van der Waals surface area contributed by atoms with Gasteiger partial charge in [-0.05, 0) is 42.0 Å². The number of nitrogens with zero attached hydrogens (tertiary/aromatic N) is 1. The lowest BCUT2D eigenvalue weighted by atomic mass is 9.95. The molecule has 0 saturated carbocycles. The summed E-state index contributed by atoms with van der Waals surface area (Å²) in [5.74, 6) is 1.64. The van der Waals surface area contributed by atoms with Crippen molar-refractivity contribution in [3.63, 3.8) is 0 Å². The SMILES string of the molecule is CC(C)C1CCN(c2ccc(Br)cc2CBr)C1. The largest absolute Gasteiger partial charge is 0.371 e. The monoisotopic (exact) mass is 359 g/mol. The molecule has 0 N–H and O–H groups in total. The van der Waals surface area contributed by atoms with Crippen LogP contribution in [0.5, 0.6) is 0 Å². The third-order valence-electron chi connectivity index (χ3n) is 3.69. The van der Waals surface area contributed by atoms with Crippen molar-refractivity contribution in [1.82, 2.24) is 0 Å². The molecule has 0 aromatic heterocycles. The van der Waals surface area contributed by atoms with Crippen LogP contribution < -0.4 is 4.90 Å². The number of halogens is 2. The molecule has 1 aliphatic rings. The molecule has 3 heteroatoms. The zero-order valence-corrected chi connectivity index (χ0v) is 13.6. The van der Waals surface area contributed by atoms with Crippen LogP contribution in [0.3, 0.4) is 0 Å². The van der Waals surface area contributed by atoms with Gasteiger partial charge >= 0.3 is 0 Å². The van der Waals surface area contributed by atoms with E-state index in [4.69, 9.17) is 0 Å². The van der Waals surface area contributed by atoms with Crippen molar-refractivity contribution in [2.45, 2.75) is 25.6 Å². The highest BCUT2D eigenvalue weighted by Gasteiger charge is 2.25. The van der Waals surface area contributed by atoms with Crippen LogP contribution >= 0.6 is 31.9 Å². The second kappa shape index (κ2) is 5.75. The first kappa shape index (κ1) is 13.4. The summed E-state index contributed by atoms with van der Waals surface area (Å²) in [4.78, 5) is 2.54. The van der Waals surface area contributed by atoms with Crippen LogP contribution in [0.15, 0.2) is 22.7 Å². The van der Waals surface area contributed by atoms with E-state index in [9.17, 15) is 0 Å². The number of benzene rings is 1. The zero-order valence-electron chi connectivity index (χ0n) is 10.4. The molecule has 0 aliphatic carbocycles. The molecule has 0 radical (unpaired) electrons. The van der Waals surface area contributed by atoms with E-state index in [-0.39, 0.29) is 0 Å². The first-order chi connectivity index (χ1) is 8.11. The van der Waals surface area contributed by atoms with E-state index in [0.29, 0.717) is 0 Å². The number of rotatable bonds is 3. The molecule has 0 amide bonds. The fraction of sp³-hybridized carbons (Fsp3) is 0.571. The van der Waals surface area contributed by atoms with E-state index >= 15 is 0 Å². The average molecular weight is 361 g/mol. The summed E-state index contributed by atoms with van der Waals surface area (Å²) < 4.78 is 1.16. The first-order valence-electron chi connectivity index (χ1n) is 6.21. The summed E-state index contributed by atoms with van der Waals surface area (Å²) in [7, 11) is 0. The molecule has 1 unspecified atom stereocenters. The lowest BCUT2D eigenvalue weighted by Gasteiger charge is -2.22. The van der Waals surface area contributed by atoms with Crippen molar-refractivity contribution in [3.05, 3.63) is 28.2 Å². The van der Waals surface area contributed by atoms with E-state index in [1.165, 1.54) is 30.8 Å². The summed E-state index contributed by atoms with van der Waals surface area (Å²) in [6, 6.07) is 6.60. The lowest BCUT2D eigenvalue weighted by molar-refractivity contribution is 0.422. The van der Waals surface area contributed by atoms with E-state index in [0.717, 1.165) is 21.6 Å². The first-order valence-corrected chi connectivity index (χ1v) is 8.12. The van der Waals surface area contributed by atoms with Crippen molar-refractivity contribution in [2.75, 3.05) is 18.0 Å². The molecule has 0 spiro atoms. The van der Waals surface area contributed by atoms with Gasteiger partial charge in [0.1, 0.15) is 0 Å². The standard InChI is InChI=1S/C14H19Br2N/c1-10(2)11-5-6-17(9-11)14-4-3-13(16)7-12(14)8-15/h3-4,7,10-11H,5-6,8-9H2,1-2H3. The number of anilines is 1.